The Morgan fingerprint density at radius 1 is 1.29 bits per heavy atom. The standard InChI is InChI=1S/C18H18N2O/c1-13-10-14(11-19)6-7-15(13)12-20-9-8-18(21)16-4-2-3-5-17(16)20/h2-7,10,18,21H,8-9,12H2,1H3. The first-order valence-electron chi connectivity index (χ1n) is 7.20. The van der Waals surface area contributed by atoms with Crippen LogP contribution in [0.4, 0.5) is 5.69 Å². The van der Waals surface area contributed by atoms with Gasteiger partial charge in [0.15, 0.2) is 0 Å². The van der Waals surface area contributed by atoms with Gasteiger partial charge < -0.3 is 10.0 Å². The molecule has 0 aliphatic carbocycles. The van der Waals surface area contributed by atoms with E-state index in [1.54, 1.807) is 0 Å². The molecule has 1 unspecified atom stereocenters. The molecular weight excluding hydrogens is 260 g/mol. The molecule has 2 aromatic rings. The number of nitriles is 1. The molecule has 0 saturated heterocycles. The highest BCUT2D eigenvalue weighted by molar-refractivity contribution is 5.57. The van der Waals surface area contributed by atoms with Crippen molar-refractivity contribution in [3.63, 3.8) is 0 Å². The minimum atomic E-state index is -0.362. The van der Waals surface area contributed by atoms with Crippen molar-refractivity contribution in [2.24, 2.45) is 0 Å². The van der Waals surface area contributed by atoms with E-state index in [1.165, 1.54) is 5.56 Å². The predicted octanol–water partition coefficient (Wildman–Crippen LogP) is 3.31. The van der Waals surface area contributed by atoms with Gasteiger partial charge in [0.1, 0.15) is 0 Å². The van der Waals surface area contributed by atoms with Gasteiger partial charge in [-0.2, -0.15) is 5.26 Å². The van der Waals surface area contributed by atoms with Gasteiger partial charge in [-0.25, -0.2) is 0 Å². The molecule has 1 atom stereocenters. The molecule has 2 aromatic carbocycles. The second-order valence-electron chi connectivity index (χ2n) is 5.54. The number of benzene rings is 2. The van der Waals surface area contributed by atoms with E-state index in [2.05, 4.69) is 17.0 Å². The number of nitrogens with zero attached hydrogens (tertiary/aromatic N) is 2. The van der Waals surface area contributed by atoms with E-state index in [0.29, 0.717) is 5.56 Å². The van der Waals surface area contributed by atoms with Crippen LogP contribution in [0.3, 0.4) is 0 Å². The van der Waals surface area contributed by atoms with Crippen molar-refractivity contribution in [3.05, 3.63) is 64.7 Å². The van der Waals surface area contributed by atoms with Crippen LogP contribution in [0, 0.1) is 18.3 Å². The van der Waals surface area contributed by atoms with E-state index in [-0.39, 0.29) is 6.10 Å². The fourth-order valence-corrected chi connectivity index (χ4v) is 2.92. The lowest BCUT2D eigenvalue weighted by Gasteiger charge is -2.34. The zero-order valence-electron chi connectivity index (χ0n) is 12.1. The molecule has 106 valence electrons. The Labute approximate surface area is 125 Å². The van der Waals surface area contributed by atoms with Crippen LogP contribution in [0.2, 0.25) is 0 Å². The molecular formula is C18H18N2O. The number of hydrogen-bond acceptors (Lipinski definition) is 3. The number of hydrogen-bond donors (Lipinski definition) is 1. The minimum absolute atomic E-state index is 0.362. The average molecular weight is 278 g/mol. The lowest BCUT2D eigenvalue weighted by Crippen LogP contribution is -2.30. The smallest absolute Gasteiger partial charge is 0.0991 e. The van der Waals surface area contributed by atoms with Crippen LogP contribution >= 0.6 is 0 Å². The number of rotatable bonds is 2. The summed E-state index contributed by atoms with van der Waals surface area (Å²) < 4.78 is 0. The maximum atomic E-state index is 10.1. The van der Waals surface area contributed by atoms with Crippen LogP contribution < -0.4 is 4.90 Å². The Morgan fingerprint density at radius 3 is 2.86 bits per heavy atom. The summed E-state index contributed by atoms with van der Waals surface area (Å²) >= 11 is 0. The summed E-state index contributed by atoms with van der Waals surface area (Å²) in [6, 6.07) is 16.0. The summed E-state index contributed by atoms with van der Waals surface area (Å²) in [6.07, 6.45) is 0.395. The van der Waals surface area contributed by atoms with Crippen LogP contribution in [0.5, 0.6) is 0 Å². The van der Waals surface area contributed by atoms with E-state index in [1.807, 2.05) is 43.3 Å². The second-order valence-corrected chi connectivity index (χ2v) is 5.54. The van der Waals surface area contributed by atoms with Gasteiger partial charge in [0.25, 0.3) is 0 Å². The highest BCUT2D eigenvalue weighted by Gasteiger charge is 2.23. The maximum Gasteiger partial charge on any atom is 0.0991 e. The highest BCUT2D eigenvalue weighted by Crippen LogP contribution is 2.34. The van der Waals surface area contributed by atoms with Crippen LogP contribution in [0.25, 0.3) is 0 Å². The molecule has 1 aliphatic rings. The predicted molar refractivity (Wildman–Crippen MR) is 83.0 cm³/mol. The fraction of sp³-hybridized carbons (Fsp3) is 0.278. The maximum absolute atomic E-state index is 10.1. The summed E-state index contributed by atoms with van der Waals surface area (Å²) in [6.45, 7) is 3.69. The van der Waals surface area contributed by atoms with Crippen molar-refractivity contribution < 1.29 is 5.11 Å². The summed E-state index contributed by atoms with van der Waals surface area (Å²) in [5, 5.41) is 19.1. The molecule has 21 heavy (non-hydrogen) atoms. The van der Waals surface area contributed by atoms with E-state index >= 15 is 0 Å². The Kier molecular flexibility index (Phi) is 3.64. The Morgan fingerprint density at radius 2 is 2.10 bits per heavy atom. The van der Waals surface area contributed by atoms with Gasteiger partial charge in [0.2, 0.25) is 0 Å². The van der Waals surface area contributed by atoms with Crippen LogP contribution in [0.15, 0.2) is 42.5 Å². The minimum Gasteiger partial charge on any atom is -0.388 e. The van der Waals surface area contributed by atoms with E-state index in [0.717, 1.165) is 36.3 Å². The monoisotopic (exact) mass is 278 g/mol. The highest BCUT2D eigenvalue weighted by atomic mass is 16.3. The van der Waals surface area contributed by atoms with Gasteiger partial charge in [0, 0.05) is 24.3 Å². The third-order valence-electron chi connectivity index (χ3n) is 4.14. The Hall–Kier alpha value is -2.31. The molecule has 1 N–H and O–H groups in total. The number of aryl methyl sites for hydroxylation is 1. The molecule has 0 amide bonds. The number of aliphatic hydroxyl groups is 1. The van der Waals surface area contributed by atoms with Crippen LogP contribution in [-0.4, -0.2) is 11.7 Å². The van der Waals surface area contributed by atoms with Gasteiger partial charge in [-0.05, 0) is 42.7 Å². The van der Waals surface area contributed by atoms with Gasteiger partial charge in [-0.1, -0.05) is 24.3 Å². The van der Waals surface area contributed by atoms with Crippen LogP contribution in [0.1, 0.15) is 34.8 Å². The molecule has 0 saturated carbocycles. The van der Waals surface area contributed by atoms with Crippen molar-refractivity contribution in [1.29, 1.82) is 5.26 Å². The molecule has 0 spiro atoms. The topological polar surface area (TPSA) is 47.3 Å². The first kappa shape index (κ1) is 13.7. The molecule has 1 aliphatic heterocycles. The van der Waals surface area contributed by atoms with E-state index in [9.17, 15) is 5.11 Å². The summed E-state index contributed by atoms with van der Waals surface area (Å²) in [5.41, 5.74) is 5.18. The number of para-hydroxylation sites is 1. The summed E-state index contributed by atoms with van der Waals surface area (Å²) in [7, 11) is 0. The number of aliphatic hydroxyl groups excluding tert-OH is 1. The molecule has 3 nitrogen and oxygen atoms in total. The van der Waals surface area contributed by atoms with Crippen molar-refractivity contribution in [2.45, 2.75) is 26.0 Å². The van der Waals surface area contributed by atoms with E-state index < -0.39 is 0 Å². The van der Waals surface area contributed by atoms with Gasteiger partial charge in [0.05, 0.1) is 17.7 Å². The third kappa shape index (κ3) is 2.63. The molecule has 0 radical (unpaired) electrons. The quantitative estimate of drug-likeness (QED) is 0.916. The fourth-order valence-electron chi connectivity index (χ4n) is 2.92. The molecule has 0 aromatic heterocycles. The second kappa shape index (κ2) is 5.59. The zero-order valence-corrected chi connectivity index (χ0v) is 12.1. The SMILES string of the molecule is Cc1cc(C#N)ccc1CN1CCC(O)c2ccccc21. The Bertz CT molecular complexity index is 703. The van der Waals surface area contributed by atoms with Crippen molar-refractivity contribution in [3.8, 4) is 6.07 Å². The summed E-state index contributed by atoms with van der Waals surface area (Å²) in [5.74, 6) is 0. The molecule has 3 heteroatoms. The molecule has 3 rings (SSSR count). The number of fused-ring (bicyclic) bond motifs is 1. The average Bonchev–Trinajstić information content (AvgIpc) is 2.52. The molecule has 1 heterocycles. The van der Waals surface area contributed by atoms with Gasteiger partial charge in [-0.15, -0.1) is 0 Å². The number of anilines is 1. The molecule has 0 bridgehead atoms. The van der Waals surface area contributed by atoms with Crippen molar-refractivity contribution in [1.82, 2.24) is 0 Å². The third-order valence-corrected chi connectivity index (χ3v) is 4.14. The first-order chi connectivity index (χ1) is 10.2. The first-order valence-corrected chi connectivity index (χ1v) is 7.20. The zero-order chi connectivity index (χ0) is 14.8. The van der Waals surface area contributed by atoms with Gasteiger partial charge >= 0.3 is 0 Å². The Balaban J connectivity index is 1.90. The van der Waals surface area contributed by atoms with Crippen molar-refractivity contribution >= 4 is 5.69 Å². The summed E-state index contributed by atoms with van der Waals surface area (Å²) in [4.78, 5) is 2.30. The van der Waals surface area contributed by atoms with Gasteiger partial charge in [-0.3, -0.25) is 0 Å². The molecule has 0 fully saturated rings. The van der Waals surface area contributed by atoms with E-state index in [4.69, 9.17) is 5.26 Å². The normalized spacial score (nSPS) is 17.2. The lowest BCUT2D eigenvalue weighted by molar-refractivity contribution is 0.164. The lowest BCUT2D eigenvalue weighted by atomic mass is 9.97. The largest absolute Gasteiger partial charge is 0.388 e. The van der Waals surface area contributed by atoms with Crippen molar-refractivity contribution in [2.75, 3.05) is 11.4 Å². The van der Waals surface area contributed by atoms with Crippen LogP contribution in [-0.2, 0) is 6.54 Å².